The van der Waals surface area contributed by atoms with Crippen molar-refractivity contribution in [2.75, 3.05) is 4.90 Å². The van der Waals surface area contributed by atoms with Crippen molar-refractivity contribution in [3.63, 3.8) is 0 Å². The second-order valence-corrected chi connectivity index (χ2v) is 6.97. The van der Waals surface area contributed by atoms with Crippen molar-refractivity contribution >= 4 is 11.3 Å². The van der Waals surface area contributed by atoms with E-state index in [1.807, 2.05) is 6.08 Å². The molecule has 1 aliphatic rings. The van der Waals surface area contributed by atoms with Gasteiger partial charge in [0, 0.05) is 23.8 Å². The van der Waals surface area contributed by atoms with E-state index in [0.29, 0.717) is 6.04 Å². The third-order valence-electron chi connectivity index (χ3n) is 4.97. The van der Waals surface area contributed by atoms with Gasteiger partial charge in [-0.3, -0.25) is 0 Å². The van der Waals surface area contributed by atoms with Crippen LogP contribution in [0.25, 0.3) is 5.57 Å². The van der Waals surface area contributed by atoms with Gasteiger partial charge in [0.1, 0.15) is 0 Å². The van der Waals surface area contributed by atoms with Gasteiger partial charge in [-0.05, 0) is 61.6 Å². The van der Waals surface area contributed by atoms with Gasteiger partial charge in [0.25, 0.3) is 0 Å². The number of benzene rings is 2. The molecule has 0 unspecified atom stereocenters. The minimum absolute atomic E-state index is 0.426. The zero-order valence-electron chi connectivity index (χ0n) is 15.7. The van der Waals surface area contributed by atoms with E-state index in [4.69, 9.17) is 0 Å². The van der Waals surface area contributed by atoms with Gasteiger partial charge in [-0.1, -0.05) is 61.2 Å². The van der Waals surface area contributed by atoms with Crippen LogP contribution in [0.3, 0.4) is 0 Å². The molecular weight excluding hydrogens is 302 g/mol. The van der Waals surface area contributed by atoms with Crippen molar-refractivity contribution in [1.82, 2.24) is 0 Å². The van der Waals surface area contributed by atoms with E-state index in [1.165, 1.54) is 39.2 Å². The molecule has 2 aromatic rings. The van der Waals surface area contributed by atoms with Crippen LogP contribution in [-0.4, -0.2) is 6.04 Å². The maximum atomic E-state index is 3.95. The van der Waals surface area contributed by atoms with E-state index in [9.17, 15) is 0 Å². The SMILES string of the molecule is C=C/C=C(\C(C)=C1/Cc2ccccc2N1C(C)C)c1ccccc1C. The summed E-state index contributed by atoms with van der Waals surface area (Å²) in [5.41, 5.74) is 9.32. The number of fused-ring (bicyclic) bond motifs is 1. The predicted octanol–water partition coefficient (Wildman–Crippen LogP) is 6.31. The standard InChI is InChI=1S/C24H27N/c1-6-11-22(21-14-9-7-12-18(21)4)19(5)24-16-20-13-8-10-15-23(20)25(24)17(2)3/h6-15,17H,1,16H2,2-5H3/b22-11+,24-19+. The number of anilines is 1. The summed E-state index contributed by atoms with van der Waals surface area (Å²) in [5.74, 6) is 0. The Labute approximate surface area is 152 Å². The first-order valence-corrected chi connectivity index (χ1v) is 9.00. The predicted molar refractivity (Wildman–Crippen MR) is 110 cm³/mol. The van der Waals surface area contributed by atoms with E-state index in [2.05, 4.69) is 93.8 Å². The van der Waals surface area contributed by atoms with Crippen LogP contribution in [0.2, 0.25) is 0 Å². The van der Waals surface area contributed by atoms with E-state index in [0.717, 1.165) is 6.42 Å². The molecule has 0 fully saturated rings. The second kappa shape index (κ2) is 7.14. The fourth-order valence-electron chi connectivity index (χ4n) is 3.77. The monoisotopic (exact) mass is 329 g/mol. The molecule has 0 radical (unpaired) electrons. The van der Waals surface area contributed by atoms with Gasteiger partial charge in [-0.15, -0.1) is 0 Å². The van der Waals surface area contributed by atoms with E-state index in [-0.39, 0.29) is 0 Å². The first kappa shape index (κ1) is 17.3. The van der Waals surface area contributed by atoms with Crippen LogP contribution in [0, 0.1) is 6.92 Å². The van der Waals surface area contributed by atoms with Crippen LogP contribution in [0.5, 0.6) is 0 Å². The zero-order chi connectivity index (χ0) is 18.0. The Morgan fingerprint density at radius 1 is 1.08 bits per heavy atom. The lowest BCUT2D eigenvalue weighted by atomic mass is 9.92. The Kier molecular flexibility index (Phi) is 4.94. The highest BCUT2D eigenvalue weighted by Gasteiger charge is 2.28. The maximum absolute atomic E-state index is 3.95. The molecule has 3 rings (SSSR count). The summed E-state index contributed by atoms with van der Waals surface area (Å²) in [6.45, 7) is 12.9. The van der Waals surface area contributed by atoms with Gasteiger partial charge in [0.2, 0.25) is 0 Å². The van der Waals surface area contributed by atoms with Crippen molar-refractivity contribution in [3.05, 3.63) is 95.2 Å². The van der Waals surface area contributed by atoms with Crippen molar-refractivity contribution in [1.29, 1.82) is 0 Å². The van der Waals surface area contributed by atoms with Gasteiger partial charge < -0.3 is 4.90 Å². The minimum Gasteiger partial charge on any atom is -0.342 e. The number of rotatable bonds is 4. The van der Waals surface area contributed by atoms with Crippen molar-refractivity contribution in [2.24, 2.45) is 0 Å². The van der Waals surface area contributed by atoms with Crippen LogP contribution in [0.4, 0.5) is 5.69 Å². The number of para-hydroxylation sites is 1. The van der Waals surface area contributed by atoms with Crippen molar-refractivity contribution < 1.29 is 0 Å². The number of hydrogen-bond donors (Lipinski definition) is 0. The molecule has 1 nitrogen and oxygen atoms in total. The summed E-state index contributed by atoms with van der Waals surface area (Å²) in [7, 11) is 0. The number of hydrogen-bond acceptors (Lipinski definition) is 1. The third-order valence-corrected chi connectivity index (χ3v) is 4.97. The van der Waals surface area contributed by atoms with Crippen molar-refractivity contribution in [3.8, 4) is 0 Å². The molecule has 1 heterocycles. The van der Waals surface area contributed by atoms with E-state index >= 15 is 0 Å². The Bertz CT molecular complexity index is 852. The first-order chi connectivity index (χ1) is 12.0. The van der Waals surface area contributed by atoms with Crippen molar-refractivity contribution in [2.45, 2.75) is 40.2 Å². The highest BCUT2D eigenvalue weighted by Crippen LogP contribution is 2.40. The number of allylic oxidation sites excluding steroid dienone is 5. The number of aryl methyl sites for hydroxylation is 1. The molecule has 0 saturated heterocycles. The lowest BCUT2D eigenvalue weighted by molar-refractivity contribution is 0.758. The quantitative estimate of drug-likeness (QED) is 0.594. The molecule has 128 valence electrons. The number of nitrogens with zero attached hydrogens (tertiary/aromatic N) is 1. The van der Waals surface area contributed by atoms with E-state index < -0.39 is 0 Å². The second-order valence-electron chi connectivity index (χ2n) is 6.97. The zero-order valence-corrected chi connectivity index (χ0v) is 15.7. The van der Waals surface area contributed by atoms with Gasteiger partial charge in [0.15, 0.2) is 0 Å². The van der Waals surface area contributed by atoms with E-state index in [1.54, 1.807) is 0 Å². The summed E-state index contributed by atoms with van der Waals surface area (Å²) in [6.07, 6.45) is 5.03. The Balaban J connectivity index is 2.16. The largest absolute Gasteiger partial charge is 0.342 e. The lowest BCUT2D eigenvalue weighted by Crippen LogP contribution is -2.28. The molecule has 0 atom stereocenters. The molecule has 0 aliphatic carbocycles. The van der Waals surface area contributed by atoms with Gasteiger partial charge in [0.05, 0.1) is 0 Å². The molecule has 1 heteroatoms. The smallest absolute Gasteiger partial charge is 0.0447 e. The summed E-state index contributed by atoms with van der Waals surface area (Å²) < 4.78 is 0. The third kappa shape index (κ3) is 3.19. The fraction of sp³-hybridized carbons (Fsp3) is 0.250. The summed E-state index contributed by atoms with van der Waals surface area (Å²) in [5, 5.41) is 0. The van der Waals surface area contributed by atoms with Crippen LogP contribution < -0.4 is 4.90 Å². The Morgan fingerprint density at radius 2 is 1.76 bits per heavy atom. The fourth-order valence-corrected chi connectivity index (χ4v) is 3.77. The molecule has 0 saturated carbocycles. The van der Waals surface area contributed by atoms with Crippen LogP contribution in [0.1, 0.15) is 37.5 Å². The summed E-state index contributed by atoms with van der Waals surface area (Å²) in [4.78, 5) is 2.49. The first-order valence-electron chi connectivity index (χ1n) is 9.00. The summed E-state index contributed by atoms with van der Waals surface area (Å²) in [6, 6.07) is 17.8. The van der Waals surface area contributed by atoms with Gasteiger partial charge in [-0.2, -0.15) is 0 Å². The summed E-state index contributed by atoms with van der Waals surface area (Å²) >= 11 is 0. The normalized spacial score (nSPS) is 16.2. The van der Waals surface area contributed by atoms with Crippen LogP contribution in [0.15, 0.2) is 78.5 Å². The van der Waals surface area contributed by atoms with Gasteiger partial charge >= 0.3 is 0 Å². The molecule has 1 aliphatic heterocycles. The Hall–Kier alpha value is -2.54. The Morgan fingerprint density at radius 3 is 2.44 bits per heavy atom. The average Bonchev–Trinajstić information content (AvgIpc) is 2.99. The maximum Gasteiger partial charge on any atom is 0.0447 e. The van der Waals surface area contributed by atoms with Crippen LogP contribution >= 0.6 is 0 Å². The topological polar surface area (TPSA) is 3.24 Å². The molecule has 0 bridgehead atoms. The molecule has 2 aromatic carbocycles. The molecular formula is C24H27N. The average molecular weight is 329 g/mol. The highest BCUT2D eigenvalue weighted by molar-refractivity contribution is 5.84. The minimum atomic E-state index is 0.426. The molecule has 25 heavy (non-hydrogen) atoms. The molecule has 0 amide bonds. The highest BCUT2D eigenvalue weighted by atomic mass is 15.2. The molecule has 0 aromatic heterocycles. The van der Waals surface area contributed by atoms with Gasteiger partial charge in [-0.25, -0.2) is 0 Å². The lowest BCUT2D eigenvalue weighted by Gasteiger charge is -2.28. The molecule has 0 N–H and O–H groups in total. The molecule has 0 spiro atoms. The van der Waals surface area contributed by atoms with Crippen LogP contribution in [-0.2, 0) is 6.42 Å².